The highest BCUT2D eigenvalue weighted by atomic mass is 15.0. The number of para-hydroxylation sites is 4. The van der Waals surface area contributed by atoms with Gasteiger partial charge in [0.25, 0.3) is 0 Å². The van der Waals surface area contributed by atoms with Crippen LogP contribution in [0, 0.1) is 17.9 Å². The van der Waals surface area contributed by atoms with Gasteiger partial charge in [-0.15, -0.1) is 0 Å². The van der Waals surface area contributed by atoms with E-state index in [1.54, 1.807) is 18.2 Å². The number of hydrogen-bond acceptors (Lipinski definition) is 1. The lowest BCUT2D eigenvalue weighted by Crippen LogP contribution is -2.00. The standard InChI is InChI=1S/C38H22N4/c1-40-32-18-11-12-25(24-39)38(32)31-23-36-30(29-17-7-8-19-33(29)41(36)26-13-3-2-4-14-26)22-37(31)42-34-20-9-5-15-27(34)28-16-6-10-21-35(28)42/h2-23H. The first-order valence-corrected chi connectivity index (χ1v) is 13.8. The van der Waals surface area contributed by atoms with Crippen LogP contribution in [0.25, 0.3) is 71.0 Å². The van der Waals surface area contributed by atoms with Crippen LogP contribution in [0.4, 0.5) is 5.69 Å². The molecule has 4 nitrogen and oxygen atoms in total. The van der Waals surface area contributed by atoms with Crippen LogP contribution in [0.2, 0.25) is 0 Å². The predicted molar refractivity (Wildman–Crippen MR) is 172 cm³/mol. The number of hydrogen-bond donors (Lipinski definition) is 0. The molecular weight excluding hydrogens is 512 g/mol. The molecule has 8 aromatic rings. The molecule has 0 aliphatic carbocycles. The van der Waals surface area contributed by atoms with Crippen molar-refractivity contribution in [3.63, 3.8) is 0 Å². The molecule has 0 saturated carbocycles. The summed E-state index contributed by atoms with van der Waals surface area (Å²) in [4.78, 5) is 3.89. The van der Waals surface area contributed by atoms with E-state index in [1.807, 2.05) is 18.2 Å². The normalized spacial score (nSPS) is 11.3. The van der Waals surface area contributed by atoms with Crippen LogP contribution in [0.15, 0.2) is 133 Å². The van der Waals surface area contributed by atoms with Gasteiger partial charge in [-0.25, -0.2) is 4.85 Å². The third kappa shape index (κ3) is 3.33. The molecule has 8 rings (SSSR count). The summed E-state index contributed by atoms with van der Waals surface area (Å²) < 4.78 is 4.56. The van der Waals surface area contributed by atoms with E-state index in [2.05, 4.69) is 117 Å². The molecule has 2 heterocycles. The molecular formula is C38H22N4. The first-order chi connectivity index (χ1) is 20.8. The second-order valence-electron chi connectivity index (χ2n) is 10.4. The van der Waals surface area contributed by atoms with Gasteiger partial charge >= 0.3 is 0 Å². The molecule has 0 unspecified atom stereocenters. The van der Waals surface area contributed by atoms with Gasteiger partial charge in [0.05, 0.1) is 40.4 Å². The highest BCUT2D eigenvalue weighted by molar-refractivity contribution is 6.14. The van der Waals surface area contributed by atoms with Gasteiger partial charge < -0.3 is 9.13 Å². The van der Waals surface area contributed by atoms with Crippen LogP contribution in [-0.2, 0) is 0 Å². The topological polar surface area (TPSA) is 38.0 Å². The van der Waals surface area contributed by atoms with E-state index in [9.17, 15) is 5.26 Å². The Bertz CT molecular complexity index is 2340. The van der Waals surface area contributed by atoms with Crippen molar-refractivity contribution in [1.29, 1.82) is 5.26 Å². The smallest absolute Gasteiger partial charge is 0.196 e. The Labute approximate surface area is 242 Å². The second kappa shape index (κ2) is 9.24. The van der Waals surface area contributed by atoms with E-state index < -0.39 is 0 Å². The van der Waals surface area contributed by atoms with Gasteiger partial charge in [0, 0.05) is 38.4 Å². The fourth-order valence-corrected chi connectivity index (χ4v) is 6.44. The van der Waals surface area contributed by atoms with E-state index in [0.29, 0.717) is 16.8 Å². The van der Waals surface area contributed by atoms with E-state index in [4.69, 9.17) is 6.57 Å². The fourth-order valence-electron chi connectivity index (χ4n) is 6.44. The van der Waals surface area contributed by atoms with Gasteiger partial charge in [-0.05, 0) is 54.1 Å². The molecule has 2 aromatic heterocycles. The zero-order chi connectivity index (χ0) is 28.2. The predicted octanol–water partition coefficient (Wildman–Crippen LogP) is 9.97. The molecule has 0 aliphatic rings. The van der Waals surface area contributed by atoms with Crippen molar-refractivity contribution in [2.75, 3.05) is 0 Å². The Kier molecular flexibility index (Phi) is 5.22. The van der Waals surface area contributed by atoms with Crippen molar-refractivity contribution in [1.82, 2.24) is 9.13 Å². The number of benzene rings is 6. The summed E-state index contributed by atoms with van der Waals surface area (Å²) in [5.74, 6) is 0. The van der Waals surface area contributed by atoms with Crippen LogP contribution in [0.3, 0.4) is 0 Å². The largest absolute Gasteiger partial charge is 0.309 e. The van der Waals surface area contributed by atoms with Crippen molar-refractivity contribution in [3.05, 3.63) is 150 Å². The Morgan fingerprint density at radius 1 is 0.548 bits per heavy atom. The first-order valence-electron chi connectivity index (χ1n) is 13.8. The molecule has 0 spiro atoms. The molecule has 4 heteroatoms. The average Bonchev–Trinajstić information content (AvgIpc) is 3.56. The highest BCUT2D eigenvalue weighted by Gasteiger charge is 2.23. The average molecular weight is 535 g/mol. The van der Waals surface area contributed by atoms with Crippen LogP contribution < -0.4 is 0 Å². The van der Waals surface area contributed by atoms with E-state index in [0.717, 1.165) is 60.5 Å². The minimum Gasteiger partial charge on any atom is -0.309 e. The van der Waals surface area contributed by atoms with Crippen LogP contribution in [-0.4, -0.2) is 9.13 Å². The summed E-state index contributed by atoms with van der Waals surface area (Å²) in [6.45, 7) is 8.04. The molecule has 0 bridgehead atoms. The van der Waals surface area contributed by atoms with Gasteiger partial charge in [0.1, 0.15) is 0 Å². The summed E-state index contributed by atoms with van der Waals surface area (Å²) in [7, 11) is 0. The molecule has 0 atom stereocenters. The third-order valence-corrected chi connectivity index (χ3v) is 8.18. The molecule has 0 N–H and O–H groups in total. The van der Waals surface area contributed by atoms with E-state index in [1.165, 1.54) is 0 Å². The SMILES string of the molecule is [C-]#[N+]c1cccc(C#N)c1-c1cc2c(cc1-n1c3ccccc3c3ccccc31)c1ccccc1n2-c1ccccc1. The zero-order valence-electron chi connectivity index (χ0n) is 22.5. The Hall–Kier alpha value is -6.10. The van der Waals surface area contributed by atoms with Crippen molar-refractivity contribution in [2.24, 2.45) is 0 Å². The lowest BCUT2D eigenvalue weighted by Gasteiger charge is -2.18. The molecule has 0 amide bonds. The van der Waals surface area contributed by atoms with Gasteiger partial charge in [0.15, 0.2) is 5.69 Å². The zero-order valence-corrected chi connectivity index (χ0v) is 22.5. The first kappa shape index (κ1) is 23.8. The molecule has 6 aromatic carbocycles. The molecule has 0 saturated heterocycles. The second-order valence-corrected chi connectivity index (χ2v) is 10.4. The lowest BCUT2D eigenvalue weighted by molar-refractivity contribution is 1.17. The Morgan fingerprint density at radius 2 is 1.12 bits per heavy atom. The van der Waals surface area contributed by atoms with Gasteiger partial charge in [-0.3, -0.25) is 0 Å². The van der Waals surface area contributed by atoms with E-state index in [-0.39, 0.29) is 0 Å². The summed E-state index contributed by atoms with van der Waals surface area (Å²) in [5, 5.41) is 14.8. The lowest BCUT2D eigenvalue weighted by atomic mass is 9.95. The quantitative estimate of drug-likeness (QED) is 0.208. The number of nitrogens with zero attached hydrogens (tertiary/aromatic N) is 4. The fraction of sp³-hybridized carbons (Fsp3) is 0. The highest BCUT2D eigenvalue weighted by Crippen LogP contribution is 2.44. The maximum absolute atomic E-state index is 10.3. The van der Waals surface area contributed by atoms with Crippen LogP contribution in [0.1, 0.15) is 5.56 Å². The minimum atomic E-state index is 0.456. The molecule has 42 heavy (non-hydrogen) atoms. The van der Waals surface area contributed by atoms with Gasteiger partial charge in [-0.1, -0.05) is 84.9 Å². The molecule has 0 aliphatic heterocycles. The van der Waals surface area contributed by atoms with E-state index >= 15 is 0 Å². The Balaban J connectivity index is 1.62. The summed E-state index contributed by atoms with van der Waals surface area (Å²) in [6, 6.07) is 47.8. The van der Waals surface area contributed by atoms with Crippen LogP contribution >= 0.6 is 0 Å². The summed E-state index contributed by atoms with van der Waals surface area (Å²) >= 11 is 0. The molecule has 0 fully saturated rings. The third-order valence-electron chi connectivity index (χ3n) is 8.18. The monoisotopic (exact) mass is 534 g/mol. The van der Waals surface area contributed by atoms with Crippen molar-refractivity contribution < 1.29 is 0 Å². The molecule has 194 valence electrons. The number of aromatic nitrogens is 2. The van der Waals surface area contributed by atoms with Crippen LogP contribution in [0.5, 0.6) is 0 Å². The summed E-state index contributed by atoms with van der Waals surface area (Å²) in [6.07, 6.45) is 0. The maximum atomic E-state index is 10.3. The van der Waals surface area contributed by atoms with Gasteiger partial charge in [-0.2, -0.15) is 5.26 Å². The minimum absolute atomic E-state index is 0.456. The van der Waals surface area contributed by atoms with Gasteiger partial charge in [0.2, 0.25) is 0 Å². The number of nitriles is 1. The summed E-state index contributed by atoms with van der Waals surface area (Å²) in [5.41, 5.74) is 8.69. The maximum Gasteiger partial charge on any atom is 0.196 e. The number of rotatable bonds is 3. The number of fused-ring (bicyclic) bond motifs is 6. The van der Waals surface area contributed by atoms with Crippen molar-refractivity contribution >= 4 is 49.3 Å². The Morgan fingerprint density at radius 3 is 1.74 bits per heavy atom. The van der Waals surface area contributed by atoms with Crippen molar-refractivity contribution in [2.45, 2.75) is 0 Å². The van der Waals surface area contributed by atoms with Crippen molar-refractivity contribution in [3.8, 4) is 28.6 Å². The molecule has 0 radical (unpaired) electrons.